The molecule has 0 spiro atoms. The summed E-state index contributed by atoms with van der Waals surface area (Å²) in [6.07, 6.45) is 3.30. The Morgan fingerprint density at radius 2 is 1.62 bits per heavy atom. The number of nitrogens with zero attached hydrogens (tertiary/aromatic N) is 4. The third-order valence-electron chi connectivity index (χ3n) is 7.73. The third kappa shape index (κ3) is 6.85. The number of aromatic nitrogens is 4. The van der Waals surface area contributed by atoms with Crippen molar-refractivity contribution >= 4 is 22.5 Å². The molecule has 3 heterocycles. The Bertz CT molecular complexity index is 2000. The zero-order valence-corrected chi connectivity index (χ0v) is 26.3. The number of carbonyl (C=O) groups is 1. The predicted molar refractivity (Wildman–Crippen MR) is 172 cm³/mol. The summed E-state index contributed by atoms with van der Waals surface area (Å²) in [5.74, 6) is -0.489. The summed E-state index contributed by atoms with van der Waals surface area (Å²) >= 11 is 0. The molecule has 0 radical (unpaired) electrons. The second kappa shape index (κ2) is 14.6. The van der Waals surface area contributed by atoms with Crippen LogP contribution in [0.2, 0.25) is 0 Å². The molecule has 2 aromatic heterocycles. The first-order valence-electron chi connectivity index (χ1n) is 15.3. The number of ether oxygens (including phenoxy) is 5. The molecular formula is C34H33F2N5O7. The Morgan fingerprint density at radius 1 is 0.896 bits per heavy atom. The van der Waals surface area contributed by atoms with Crippen LogP contribution in [0.15, 0.2) is 65.7 Å². The zero-order chi connectivity index (χ0) is 33.6. The van der Waals surface area contributed by atoms with Crippen LogP contribution in [0.1, 0.15) is 28.9 Å². The highest BCUT2D eigenvalue weighted by Crippen LogP contribution is 2.36. The summed E-state index contributed by atoms with van der Waals surface area (Å²) in [7, 11) is 3.17. The van der Waals surface area contributed by atoms with Crippen molar-refractivity contribution in [1.82, 2.24) is 19.3 Å². The number of amides is 1. The van der Waals surface area contributed by atoms with E-state index in [2.05, 4.69) is 15.3 Å². The van der Waals surface area contributed by atoms with Gasteiger partial charge >= 0.3 is 0 Å². The van der Waals surface area contributed by atoms with Crippen molar-refractivity contribution < 1.29 is 37.3 Å². The van der Waals surface area contributed by atoms with E-state index in [4.69, 9.17) is 23.7 Å². The highest BCUT2D eigenvalue weighted by atomic mass is 19.1. The normalized spacial score (nSPS) is 12.5. The predicted octanol–water partition coefficient (Wildman–Crippen LogP) is 5.29. The molecule has 0 bridgehead atoms. The maximum Gasteiger partial charge on any atom is 0.284 e. The smallest absolute Gasteiger partial charge is 0.284 e. The van der Waals surface area contributed by atoms with Crippen LogP contribution in [0, 0.1) is 11.6 Å². The number of anilines is 1. The Kier molecular flexibility index (Phi) is 9.92. The quantitative estimate of drug-likeness (QED) is 0.167. The van der Waals surface area contributed by atoms with Crippen LogP contribution in [0.3, 0.4) is 0 Å². The molecule has 6 rings (SSSR count). The minimum absolute atomic E-state index is 0.111. The second-order valence-electron chi connectivity index (χ2n) is 10.9. The fourth-order valence-corrected chi connectivity index (χ4v) is 5.48. The monoisotopic (exact) mass is 661 g/mol. The number of rotatable bonds is 13. The third-order valence-corrected chi connectivity index (χ3v) is 7.73. The van der Waals surface area contributed by atoms with Crippen LogP contribution in [-0.2, 0) is 22.4 Å². The Labute approximate surface area is 273 Å². The molecule has 0 atom stereocenters. The molecule has 1 aliphatic heterocycles. The van der Waals surface area contributed by atoms with Gasteiger partial charge < -0.3 is 29.0 Å². The summed E-state index contributed by atoms with van der Waals surface area (Å²) in [4.78, 5) is 35.7. The van der Waals surface area contributed by atoms with Crippen molar-refractivity contribution in [1.29, 1.82) is 0 Å². The van der Waals surface area contributed by atoms with Gasteiger partial charge in [-0.25, -0.2) is 23.4 Å². The fourth-order valence-electron chi connectivity index (χ4n) is 5.48. The highest BCUT2D eigenvalue weighted by molar-refractivity contribution is 6.05. The van der Waals surface area contributed by atoms with E-state index < -0.39 is 23.1 Å². The molecule has 0 fully saturated rings. The summed E-state index contributed by atoms with van der Waals surface area (Å²) < 4.78 is 59.4. The van der Waals surface area contributed by atoms with Crippen LogP contribution >= 0.6 is 0 Å². The zero-order valence-electron chi connectivity index (χ0n) is 26.3. The molecule has 1 amide bonds. The Hall–Kier alpha value is -5.34. The maximum absolute atomic E-state index is 14.7. The minimum atomic E-state index is -0.769. The van der Waals surface area contributed by atoms with Gasteiger partial charge in [-0.05, 0) is 61.7 Å². The summed E-state index contributed by atoms with van der Waals surface area (Å²) in [6.45, 7) is 1.77. The summed E-state index contributed by atoms with van der Waals surface area (Å²) in [5, 5.41) is 3.33. The number of halogens is 2. The van der Waals surface area contributed by atoms with Gasteiger partial charge in [0.15, 0.2) is 11.5 Å². The van der Waals surface area contributed by atoms with Crippen LogP contribution in [0.5, 0.6) is 23.1 Å². The SMILES string of the molecule is COCCOc1cc2ncnc(Oc3ccc(NC(=O)c4c5n(n(-c6cc(F)ccc6F)c4=O)CCCC5)cc3)c2cc1OCCOC. The van der Waals surface area contributed by atoms with Crippen LogP contribution in [0.4, 0.5) is 14.5 Å². The molecular weight excluding hydrogens is 628 g/mol. The lowest BCUT2D eigenvalue weighted by Crippen LogP contribution is -2.26. The molecule has 0 saturated heterocycles. The van der Waals surface area contributed by atoms with Gasteiger partial charge in [-0.1, -0.05) is 0 Å². The van der Waals surface area contributed by atoms with Gasteiger partial charge in [0, 0.05) is 38.6 Å². The van der Waals surface area contributed by atoms with Crippen molar-refractivity contribution in [3.8, 4) is 28.8 Å². The van der Waals surface area contributed by atoms with Crippen LogP contribution in [-0.4, -0.2) is 65.9 Å². The fraction of sp³-hybridized carbons (Fsp3) is 0.294. The lowest BCUT2D eigenvalue weighted by Gasteiger charge is -2.19. The number of benzene rings is 3. The molecule has 12 nitrogen and oxygen atoms in total. The molecule has 3 aromatic carbocycles. The van der Waals surface area contributed by atoms with E-state index in [0.29, 0.717) is 78.9 Å². The van der Waals surface area contributed by atoms with Crippen molar-refractivity contribution in [2.24, 2.45) is 0 Å². The summed E-state index contributed by atoms with van der Waals surface area (Å²) in [5.41, 5.74) is 0.355. The molecule has 250 valence electrons. The van der Waals surface area contributed by atoms with Gasteiger partial charge in [-0.2, -0.15) is 0 Å². The van der Waals surface area contributed by atoms with Crippen LogP contribution < -0.4 is 25.1 Å². The molecule has 14 heteroatoms. The van der Waals surface area contributed by atoms with Crippen molar-refractivity contribution in [3.63, 3.8) is 0 Å². The standard InChI is InChI=1S/C34H33F2N5O7/c1-44-13-15-46-29-18-24-26(19-30(29)47-16-14-45-2)37-20-38-33(24)48-23-9-7-22(8-10-23)39-32(42)31-27-5-3-4-12-40(27)41(34(31)43)28-17-21(35)6-11-25(28)36/h6-11,17-20H,3-5,12-16H2,1-2H3,(H,39,42). The number of nitrogens with one attached hydrogen (secondary N) is 1. The first-order valence-corrected chi connectivity index (χ1v) is 15.3. The lowest BCUT2D eigenvalue weighted by molar-refractivity contribution is 0.102. The van der Waals surface area contributed by atoms with E-state index in [0.717, 1.165) is 35.7 Å². The number of hydrogen-bond acceptors (Lipinski definition) is 9. The van der Waals surface area contributed by atoms with Gasteiger partial charge in [-0.3, -0.25) is 14.3 Å². The Morgan fingerprint density at radius 3 is 2.35 bits per heavy atom. The van der Waals surface area contributed by atoms with Gasteiger partial charge in [0.2, 0.25) is 5.88 Å². The number of methoxy groups -OCH3 is 2. The van der Waals surface area contributed by atoms with E-state index in [1.807, 2.05) is 0 Å². The molecule has 1 N–H and O–H groups in total. The topological polar surface area (TPSA) is 128 Å². The average molecular weight is 662 g/mol. The van der Waals surface area contributed by atoms with Gasteiger partial charge in [-0.15, -0.1) is 0 Å². The Balaban J connectivity index is 1.23. The average Bonchev–Trinajstić information content (AvgIpc) is 3.38. The van der Waals surface area contributed by atoms with E-state index in [1.165, 1.54) is 6.33 Å². The van der Waals surface area contributed by atoms with E-state index in [-0.39, 0.29) is 17.1 Å². The van der Waals surface area contributed by atoms with Crippen LogP contribution in [0.25, 0.3) is 16.6 Å². The van der Waals surface area contributed by atoms with E-state index >= 15 is 0 Å². The highest BCUT2D eigenvalue weighted by Gasteiger charge is 2.29. The van der Waals surface area contributed by atoms with Gasteiger partial charge in [0.1, 0.15) is 48.2 Å². The number of hydrogen-bond donors (Lipinski definition) is 1. The molecule has 1 aliphatic rings. The number of fused-ring (bicyclic) bond motifs is 2. The first-order chi connectivity index (χ1) is 23.4. The van der Waals surface area contributed by atoms with E-state index in [9.17, 15) is 18.4 Å². The van der Waals surface area contributed by atoms with Gasteiger partial charge in [0.25, 0.3) is 11.5 Å². The summed E-state index contributed by atoms with van der Waals surface area (Å²) in [6, 6.07) is 12.9. The van der Waals surface area contributed by atoms with Crippen molar-refractivity contribution in [2.45, 2.75) is 25.8 Å². The molecule has 0 saturated carbocycles. The second-order valence-corrected chi connectivity index (χ2v) is 10.9. The van der Waals surface area contributed by atoms with Gasteiger partial charge in [0.05, 0.1) is 29.8 Å². The maximum atomic E-state index is 14.7. The largest absolute Gasteiger partial charge is 0.487 e. The molecule has 0 unspecified atom stereocenters. The first kappa shape index (κ1) is 32.6. The lowest BCUT2D eigenvalue weighted by atomic mass is 10.1. The molecule has 5 aromatic rings. The van der Waals surface area contributed by atoms with Crippen molar-refractivity contribution in [3.05, 3.63) is 94.2 Å². The minimum Gasteiger partial charge on any atom is -0.487 e. The molecule has 48 heavy (non-hydrogen) atoms. The van der Waals surface area contributed by atoms with Crippen molar-refractivity contribution in [2.75, 3.05) is 46.0 Å². The molecule has 0 aliphatic carbocycles. The van der Waals surface area contributed by atoms with E-state index in [1.54, 1.807) is 55.3 Å². The number of carbonyl (C=O) groups excluding carboxylic acids is 1.